The van der Waals surface area contributed by atoms with E-state index in [9.17, 15) is 4.79 Å². The quantitative estimate of drug-likeness (QED) is 0.725. The molecule has 0 radical (unpaired) electrons. The number of rotatable bonds is 1. The lowest BCUT2D eigenvalue weighted by Crippen LogP contribution is -2.09. The van der Waals surface area contributed by atoms with Gasteiger partial charge >= 0.3 is 0 Å². The van der Waals surface area contributed by atoms with Crippen LogP contribution in [0.4, 0.5) is 0 Å². The molecule has 18 heavy (non-hydrogen) atoms. The van der Waals surface area contributed by atoms with Crippen molar-refractivity contribution in [2.24, 2.45) is 0 Å². The van der Waals surface area contributed by atoms with Crippen molar-refractivity contribution in [3.8, 4) is 11.5 Å². The van der Waals surface area contributed by atoms with Crippen LogP contribution < -0.4 is 5.56 Å². The fraction of sp³-hybridized carbons (Fsp3) is 0.167. The smallest absolute Gasteiger partial charge is 0.260 e. The van der Waals surface area contributed by atoms with E-state index in [0.717, 1.165) is 15.3 Å². The average molecular weight is 258 g/mol. The number of aryl methyl sites for hydroxylation is 2. The van der Waals surface area contributed by atoms with Gasteiger partial charge in [-0.2, -0.15) is 0 Å². The summed E-state index contributed by atoms with van der Waals surface area (Å²) in [6.45, 7) is 3.93. The SMILES string of the molecule is Cc1sc2nc(-c3cnccn3)[nH]c(=O)c2c1C. The largest absolute Gasteiger partial charge is 0.305 e. The molecule has 3 aromatic rings. The van der Waals surface area contributed by atoms with Gasteiger partial charge in [0.15, 0.2) is 5.82 Å². The predicted molar refractivity (Wildman–Crippen MR) is 70.7 cm³/mol. The highest BCUT2D eigenvalue weighted by molar-refractivity contribution is 7.18. The Balaban J connectivity index is 2.32. The van der Waals surface area contributed by atoms with Crippen molar-refractivity contribution in [1.82, 2.24) is 19.9 Å². The molecule has 0 saturated heterocycles. The first-order valence-corrected chi connectivity index (χ1v) is 6.25. The molecule has 3 aromatic heterocycles. The molecule has 1 N–H and O–H groups in total. The minimum absolute atomic E-state index is 0.123. The van der Waals surface area contributed by atoms with Gasteiger partial charge in [-0.15, -0.1) is 11.3 Å². The van der Waals surface area contributed by atoms with Gasteiger partial charge in [-0.05, 0) is 19.4 Å². The van der Waals surface area contributed by atoms with Crippen molar-refractivity contribution in [3.63, 3.8) is 0 Å². The molecule has 5 nitrogen and oxygen atoms in total. The molecular weight excluding hydrogens is 248 g/mol. The first-order valence-electron chi connectivity index (χ1n) is 5.43. The lowest BCUT2D eigenvalue weighted by atomic mass is 10.2. The summed E-state index contributed by atoms with van der Waals surface area (Å²) in [7, 11) is 0. The van der Waals surface area contributed by atoms with Gasteiger partial charge in [0.05, 0.1) is 11.6 Å². The van der Waals surface area contributed by atoms with Crippen LogP contribution in [0.25, 0.3) is 21.7 Å². The van der Waals surface area contributed by atoms with Crippen LogP contribution in [0.5, 0.6) is 0 Å². The van der Waals surface area contributed by atoms with Crippen molar-refractivity contribution >= 4 is 21.6 Å². The molecule has 0 amide bonds. The Hall–Kier alpha value is -2.08. The first-order chi connectivity index (χ1) is 8.66. The molecule has 0 aliphatic rings. The van der Waals surface area contributed by atoms with Crippen LogP contribution in [0.2, 0.25) is 0 Å². The summed E-state index contributed by atoms with van der Waals surface area (Å²) in [6.07, 6.45) is 4.74. The second-order valence-electron chi connectivity index (χ2n) is 3.97. The molecule has 0 atom stereocenters. The molecule has 0 saturated carbocycles. The van der Waals surface area contributed by atoms with Crippen LogP contribution in [0.1, 0.15) is 10.4 Å². The van der Waals surface area contributed by atoms with Gasteiger partial charge in [0.25, 0.3) is 5.56 Å². The average Bonchev–Trinajstić information content (AvgIpc) is 2.66. The van der Waals surface area contributed by atoms with Crippen molar-refractivity contribution in [2.75, 3.05) is 0 Å². The predicted octanol–water partition coefficient (Wildman–Crippen LogP) is 2.06. The Labute approximate surface area is 107 Å². The van der Waals surface area contributed by atoms with E-state index in [-0.39, 0.29) is 5.56 Å². The van der Waals surface area contributed by atoms with Gasteiger partial charge in [0.2, 0.25) is 0 Å². The lowest BCUT2D eigenvalue weighted by Gasteiger charge is -1.99. The topological polar surface area (TPSA) is 71.5 Å². The van der Waals surface area contributed by atoms with E-state index in [1.165, 1.54) is 11.3 Å². The molecule has 0 fully saturated rings. The van der Waals surface area contributed by atoms with Crippen molar-refractivity contribution < 1.29 is 0 Å². The zero-order valence-corrected chi connectivity index (χ0v) is 10.7. The highest BCUT2D eigenvalue weighted by atomic mass is 32.1. The van der Waals surface area contributed by atoms with Gasteiger partial charge < -0.3 is 4.98 Å². The van der Waals surface area contributed by atoms with Gasteiger partial charge in [0.1, 0.15) is 10.5 Å². The number of aromatic nitrogens is 4. The molecule has 3 heterocycles. The zero-order valence-electron chi connectivity index (χ0n) is 9.89. The van der Waals surface area contributed by atoms with Crippen molar-refractivity contribution in [1.29, 1.82) is 0 Å². The third-order valence-corrected chi connectivity index (χ3v) is 3.95. The molecule has 0 bridgehead atoms. The van der Waals surface area contributed by atoms with E-state index in [0.29, 0.717) is 16.9 Å². The maximum absolute atomic E-state index is 12.1. The number of hydrogen-bond donors (Lipinski definition) is 1. The van der Waals surface area contributed by atoms with Crippen LogP contribution >= 0.6 is 11.3 Å². The number of fused-ring (bicyclic) bond motifs is 1. The minimum Gasteiger partial charge on any atom is -0.305 e. The molecule has 0 unspecified atom stereocenters. The van der Waals surface area contributed by atoms with Gasteiger partial charge in [-0.3, -0.25) is 9.78 Å². The van der Waals surface area contributed by atoms with Crippen LogP contribution in [0, 0.1) is 13.8 Å². The third-order valence-electron chi connectivity index (χ3n) is 2.84. The summed E-state index contributed by atoms with van der Waals surface area (Å²) in [4.78, 5) is 29.2. The fourth-order valence-electron chi connectivity index (χ4n) is 1.80. The van der Waals surface area contributed by atoms with Gasteiger partial charge in [0, 0.05) is 17.3 Å². The van der Waals surface area contributed by atoms with Crippen LogP contribution in [-0.4, -0.2) is 19.9 Å². The summed E-state index contributed by atoms with van der Waals surface area (Å²) in [5.74, 6) is 0.460. The summed E-state index contributed by atoms with van der Waals surface area (Å²) < 4.78 is 0. The van der Waals surface area contributed by atoms with E-state index >= 15 is 0 Å². The lowest BCUT2D eigenvalue weighted by molar-refractivity contribution is 1.12. The second kappa shape index (κ2) is 3.99. The highest BCUT2D eigenvalue weighted by Gasteiger charge is 2.12. The van der Waals surface area contributed by atoms with E-state index in [2.05, 4.69) is 19.9 Å². The molecule has 0 aliphatic carbocycles. The molecule has 0 aliphatic heterocycles. The Morgan fingerprint density at radius 2 is 2.11 bits per heavy atom. The maximum Gasteiger partial charge on any atom is 0.260 e. The van der Waals surface area contributed by atoms with Crippen molar-refractivity contribution in [2.45, 2.75) is 13.8 Å². The van der Waals surface area contributed by atoms with Crippen LogP contribution in [-0.2, 0) is 0 Å². The monoisotopic (exact) mass is 258 g/mol. The first kappa shape index (κ1) is 11.0. The minimum atomic E-state index is -0.123. The van der Waals surface area contributed by atoms with E-state index in [1.807, 2.05) is 13.8 Å². The second-order valence-corrected chi connectivity index (χ2v) is 5.17. The van der Waals surface area contributed by atoms with Gasteiger partial charge in [-0.25, -0.2) is 9.97 Å². The van der Waals surface area contributed by atoms with Gasteiger partial charge in [-0.1, -0.05) is 0 Å². The zero-order chi connectivity index (χ0) is 12.7. The molecule has 90 valence electrons. The number of nitrogens with zero attached hydrogens (tertiary/aromatic N) is 3. The number of aromatic amines is 1. The number of hydrogen-bond acceptors (Lipinski definition) is 5. The van der Waals surface area contributed by atoms with E-state index in [1.54, 1.807) is 18.6 Å². The number of nitrogens with one attached hydrogen (secondary N) is 1. The Morgan fingerprint density at radius 3 is 2.83 bits per heavy atom. The summed E-state index contributed by atoms with van der Waals surface area (Å²) in [5, 5.41) is 0.671. The Bertz CT molecular complexity index is 776. The van der Waals surface area contributed by atoms with E-state index < -0.39 is 0 Å². The Kier molecular flexibility index (Phi) is 2.45. The summed E-state index contributed by atoms with van der Waals surface area (Å²) in [5.41, 5.74) is 1.44. The summed E-state index contributed by atoms with van der Waals surface area (Å²) in [6, 6.07) is 0. The normalized spacial score (nSPS) is 11.0. The number of thiophene rings is 1. The fourth-order valence-corrected chi connectivity index (χ4v) is 2.83. The maximum atomic E-state index is 12.1. The van der Waals surface area contributed by atoms with Crippen LogP contribution in [0.3, 0.4) is 0 Å². The van der Waals surface area contributed by atoms with E-state index in [4.69, 9.17) is 0 Å². The van der Waals surface area contributed by atoms with Crippen molar-refractivity contribution in [3.05, 3.63) is 39.4 Å². The molecule has 3 rings (SSSR count). The number of H-pyrrole nitrogens is 1. The third kappa shape index (κ3) is 1.62. The van der Waals surface area contributed by atoms with Crippen LogP contribution in [0.15, 0.2) is 23.4 Å². The Morgan fingerprint density at radius 1 is 1.28 bits per heavy atom. The summed E-state index contributed by atoms with van der Waals surface area (Å²) >= 11 is 1.52. The molecule has 0 aromatic carbocycles. The highest BCUT2D eigenvalue weighted by Crippen LogP contribution is 2.26. The molecular formula is C12H10N4OS. The standard InChI is InChI=1S/C12H10N4OS/c1-6-7(2)18-12-9(6)11(17)15-10(16-12)8-5-13-3-4-14-8/h3-5H,1-2H3,(H,15,16,17). The molecule has 6 heteroatoms. The molecule has 0 spiro atoms.